The van der Waals surface area contributed by atoms with E-state index in [0.29, 0.717) is 0 Å². The zero-order chi connectivity index (χ0) is 14.5. The van der Waals surface area contributed by atoms with Crippen LogP contribution in [0.3, 0.4) is 0 Å². The number of hydrogen-bond donors (Lipinski definition) is 1. The lowest BCUT2D eigenvalue weighted by molar-refractivity contribution is 0.174. The van der Waals surface area contributed by atoms with Crippen molar-refractivity contribution in [2.45, 2.75) is 33.3 Å². The standard InChI is InChI=1S/C18H23NO/c1-4-18(20)15-11-7-9-13-17(15)19(5-2)16-12-8-6-10-14(16)3/h6-13,18,20H,4-5H2,1-3H3. The van der Waals surface area contributed by atoms with Gasteiger partial charge >= 0.3 is 0 Å². The Morgan fingerprint density at radius 3 is 2.15 bits per heavy atom. The molecule has 2 nitrogen and oxygen atoms in total. The average molecular weight is 269 g/mol. The summed E-state index contributed by atoms with van der Waals surface area (Å²) in [5.74, 6) is 0. The van der Waals surface area contributed by atoms with Gasteiger partial charge < -0.3 is 10.0 Å². The Labute approximate surface area is 121 Å². The molecule has 0 heterocycles. The van der Waals surface area contributed by atoms with Crippen molar-refractivity contribution in [3.05, 3.63) is 59.7 Å². The third-order valence-electron chi connectivity index (χ3n) is 3.70. The predicted octanol–water partition coefficient (Wildman–Crippen LogP) is 4.60. The van der Waals surface area contributed by atoms with Crippen LogP contribution in [0, 0.1) is 6.92 Å². The fraction of sp³-hybridized carbons (Fsp3) is 0.333. The summed E-state index contributed by atoms with van der Waals surface area (Å²) in [7, 11) is 0. The van der Waals surface area contributed by atoms with Crippen LogP contribution in [0.4, 0.5) is 11.4 Å². The summed E-state index contributed by atoms with van der Waals surface area (Å²) in [6.45, 7) is 7.14. The Bertz CT molecular complexity index is 565. The quantitative estimate of drug-likeness (QED) is 0.857. The fourth-order valence-corrected chi connectivity index (χ4v) is 2.57. The Hall–Kier alpha value is -1.80. The molecule has 0 aliphatic carbocycles. The van der Waals surface area contributed by atoms with E-state index in [1.807, 2.05) is 25.1 Å². The van der Waals surface area contributed by atoms with E-state index in [9.17, 15) is 5.11 Å². The average Bonchev–Trinajstić information content (AvgIpc) is 2.49. The van der Waals surface area contributed by atoms with E-state index >= 15 is 0 Å². The molecule has 0 aliphatic heterocycles. The summed E-state index contributed by atoms with van der Waals surface area (Å²) in [4.78, 5) is 2.27. The van der Waals surface area contributed by atoms with E-state index in [2.05, 4.69) is 49.1 Å². The normalized spacial score (nSPS) is 12.2. The van der Waals surface area contributed by atoms with Crippen molar-refractivity contribution in [1.29, 1.82) is 0 Å². The van der Waals surface area contributed by atoms with Crippen molar-refractivity contribution in [2.24, 2.45) is 0 Å². The van der Waals surface area contributed by atoms with E-state index in [1.54, 1.807) is 0 Å². The maximum absolute atomic E-state index is 10.2. The predicted molar refractivity (Wildman–Crippen MR) is 85.6 cm³/mol. The molecule has 2 aromatic rings. The number of hydrogen-bond acceptors (Lipinski definition) is 2. The van der Waals surface area contributed by atoms with Crippen molar-refractivity contribution in [3.63, 3.8) is 0 Å². The van der Waals surface area contributed by atoms with Gasteiger partial charge in [-0.05, 0) is 38.0 Å². The summed E-state index contributed by atoms with van der Waals surface area (Å²) in [5, 5.41) is 10.2. The minimum absolute atomic E-state index is 0.413. The van der Waals surface area contributed by atoms with Crippen LogP contribution in [0.5, 0.6) is 0 Å². The van der Waals surface area contributed by atoms with Crippen LogP contribution in [-0.2, 0) is 0 Å². The minimum Gasteiger partial charge on any atom is -0.388 e. The first-order valence-electron chi connectivity index (χ1n) is 7.29. The molecule has 2 aromatic carbocycles. The second-order valence-corrected chi connectivity index (χ2v) is 5.01. The van der Waals surface area contributed by atoms with Crippen LogP contribution >= 0.6 is 0 Å². The third-order valence-corrected chi connectivity index (χ3v) is 3.70. The zero-order valence-electron chi connectivity index (χ0n) is 12.5. The molecule has 0 amide bonds. The zero-order valence-corrected chi connectivity index (χ0v) is 12.5. The largest absolute Gasteiger partial charge is 0.388 e. The molecular weight excluding hydrogens is 246 g/mol. The summed E-state index contributed by atoms with van der Waals surface area (Å²) in [5.41, 5.74) is 4.54. The van der Waals surface area contributed by atoms with E-state index in [1.165, 1.54) is 11.3 Å². The first kappa shape index (κ1) is 14.6. The van der Waals surface area contributed by atoms with Crippen LogP contribution in [0.1, 0.15) is 37.5 Å². The SMILES string of the molecule is CCC(O)c1ccccc1N(CC)c1ccccc1C. The summed E-state index contributed by atoms with van der Waals surface area (Å²) >= 11 is 0. The van der Waals surface area contributed by atoms with Gasteiger partial charge in [-0.15, -0.1) is 0 Å². The number of aliphatic hydroxyl groups excluding tert-OH is 1. The molecule has 0 aliphatic rings. The van der Waals surface area contributed by atoms with Gasteiger partial charge in [-0.1, -0.05) is 43.3 Å². The molecule has 0 saturated carbocycles. The van der Waals surface area contributed by atoms with Crippen molar-refractivity contribution in [3.8, 4) is 0 Å². The number of rotatable bonds is 5. The Kier molecular flexibility index (Phi) is 4.80. The molecule has 0 spiro atoms. The van der Waals surface area contributed by atoms with Gasteiger partial charge in [-0.3, -0.25) is 0 Å². The molecule has 106 valence electrons. The molecule has 0 fully saturated rings. The highest BCUT2D eigenvalue weighted by molar-refractivity contribution is 5.69. The molecule has 20 heavy (non-hydrogen) atoms. The lowest BCUT2D eigenvalue weighted by Gasteiger charge is -2.28. The highest BCUT2D eigenvalue weighted by atomic mass is 16.3. The lowest BCUT2D eigenvalue weighted by Crippen LogP contribution is -2.19. The molecule has 0 saturated heterocycles. The van der Waals surface area contributed by atoms with Gasteiger partial charge in [0.15, 0.2) is 0 Å². The molecule has 2 heteroatoms. The van der Waals surface area contributed by atoms with Crippen LogP contribution in [0.15, 0.2) is 48.5 Å². The maximum atomic E-state index is 10.2. The first-order valence-corrected chi connectivity index (χ1v) is 7.29. The van der Waals surface area contributed by atoms with Gasteiger partial charge in [0.1, 0.15) is 0 Å². The third kappa shape index (κ3) is 2.86. The smallest absolute Gasteiger partial charge is 0.0807 e. The van der Waals surface area contributed by atoms with Crippen molar-refractivity contribution >= 4 is 11.4 Å². The van der Waals surface area contributed by atoms with E-state index < -0.39 is 6.10 Å². The van der Waals surface area contributed by atoms with Crippen molar-refractivity contribution in [1.82, 2.24) is 0 Å². The number of aryl methyl sites for hydroxylation is 1. The molecule has 0 radical (unpaired) electrons. The van der Waals surface area contributed by atoms with E-state index in [4.69, 9.17) is 0 Å². The van der Waals surface area contributed by atoms with Crippen LogP contribution in [0.25, 0.3) is 0 Å². The Balaban J connectivity index is 2.50. The topological polar surface area (TPSA) is 23.5 Å². The molecule has 1 atom stereocenters. The number of anilines is 2. The van der Waals surface area contributed by atoms with Gasteiger partial charge in [0.25, 0.3) is 0 Å². The van der Waals surface area contributed by atoms with Gasteiger partial charge in [0.2, 0.25) is 0 Å². The number of benzene rings is 2. The second kappa shape index (κ2) is 6.58. The van der Waals surface area contributed by atoms with Gasteiger partial charge in [0.05, 0.1) is 6.10 Å². The number of para-hydroxylation sites is 2. The summed E-state index contributed by atoms with van der Waals surface area (Å²) < 4.78 is 0. The van der Waals surface area contributed by atoms with E-state index in [0.717, 1.165) is 24.2 Å². The highest BCUT2D eigenvalue weighted by Gasteiger charge is 2.16. The molecule has 1 N–H and O–H groups in total. The highest BCUT2D eigenvalue weighted by Crippen LogP contribution is 2.34. The lowest BCUT2D eigenvalue weighted by atomic mass is 10.0. The van der Waals surface area contributed by atoms with Crippen LogP contribution in [-0.4, -0.2) is 11.7 Å². The molecule has 0 aromatic heterocycles. The number of aliphatic hydroxyl groups is 1. The van der Waals surface area contributed by atoms with Gasteiger partial charge in [-0.2, -0.15) is 0 Å². The monoisotopic (exact) mass is 269 g/mol. The summed E-state index contributed by atoms with van der Waals surface area (Å²) in [6, 6.07) is 16.5. The van der Waals surface area contributed by atoms with Crippen molar-refractivity contribution < 1.29 is 5.11 Å². The van der Waals surface area contributed by atoms with Crippen LogP contribution < -0.4 is 4.90 Å². The molecule has 1 unspecified atom stereocenters. The Morgan fingerprint density at radius 1 is 0.950 bits per heavy atom. The first-order chi connectivity index (χ1) is 9.69. The maximum Gasteiger partial charge on any atom is 0.0807 e. The van der Waals surface area contributed by atoms with Crippen LogP contribution in [0.2, 0.25) is 0 Å². The Morgan fingerprint density at radius 2 is 1.55 bits per heavy atom. The van der Waals surface area contributed by atoms with Gasteiger partial charge in [0, 0.05) is 23.5 Å². The number of nitrogens with zero attached hydrogens (tertiary/aromatic N) is 1. The fourth-order valence-electron chi connectivity index (χ4n) is 2.57. The second-order valence-electron chi connectivity index (χ2n) is 5.01. The molecule has 2 rings (SSSR count). The molecular formula is C18H23NO. The van der Waals surface area contributed by atoms with E-state index in [-0.39, 0.29) is 0 Å². The molecule has 0 bridgehead atoms. The minimum atomic E-state index is -0.413. The van der Waals surface area contributed by atoms with Gasteiger partial charge in [-0.25, -0.2) is 0 Å². The van der Waals surface area contributed by atoms with Crippen molar-refractivity contribution in [2.75, 3.05) is 11.4 Å². The summed E-state index contributed by atoms with van der Waals surface area (Å²) in [6.07, 6.45) is 0.312.